The maximum atomic E-state index is 12.6. The van der Waals surface area contributed by atoms with E-state index >= 15 is 0 Å². The minimum atomic E-state index is -0.503. The molecular formula is C25H32ClN3O3. The summed E-state index contributed by atoms with van der Waals surface area (Å²) in [4.78, 5) is 19.0. The molecule has 0 bridgehead atoms. The van der Waals surface area contributed by atoms with Crippen LogP contribution in [0.2, 0.25) is 5.02 Å². The SMILES string of the molecule is CN1C=CC=C2C=C(CO)c3cc(Cl)ccc3C(N3CCN(C(=O)OC(C)(C)C)CC3)C21. The van der Waals surface area contributed by atoms with Crippen molar-refractivity contribution in [1.82, 2.24) is 14.7 Å². The number of halogens is 1. The number of fused-ring (bicyclic) bond motifs is 2. The van der Waals surface area contributed by atoms with Crippen molar-refractivity contribution in [2.45, 2.75) is 38.5 Å². The molecule has 0 spiro atoms. The summed E-state index contributed by atoms with van der Waals surface area (Å²) in [6.07, 6.45) is 8.09. The lowest BCUT2D eigenvalue weighted by atomic mass is 9.89. The summed E-state index contributed by atoms with van der Waals surface area (Å²) in [6, 6.07) is 6.11. The molecule has 1 aromatic rings. The first kappa shape index (κ1) is 22.9. The smallest absolute Gasteiger partial charge is 0.410 e. The Kier molecular flexibility index (Phi) is 6.39. The molecule has 2 unspecified atom stereocenters. The Morgan fingerprint density at radius 3 is 2.56 bits per heavy atom. The van der Waals surface area contributed by atoms with Crippen molar-refractivity contribution in [2.24, 2.45) is 0 Å². The zero-order valence-corrected chi connectivity index (χ0v) is 20.0. The Hall–Kier alpha value is -2.28. The third-order valence-electron chi connectivity index (χ3n) is 6.24. The highest BCUT2D eigenvalue weighted by Crippen LogP contribution is 2.42. The molecule has 1 amide bonds. The molecule has 2 aliphatic heterocycles. The molecule has 7 heteroatoms. The summed E-state index contributed by atoms with van der Waals surface area (Å²) in [5, 5.41) is 10.8. The first-order chi connectivity index (χ1) is 15.2. The molecule has 0 saturated carbocycles. The number of aliphatic hydroxyl groups is 1. The van der Waals surface area contributed by atoms with Gasteiger partial charge in [-0.2, -0.15) is 0 Å². The second kappa shape index (κ2) is 8.93. The minimum absolute atomic E-state index is 0.0516. The predicted octanol–water partition coefficient (Wildman–Crippen LogP) is 4.08. The highest BCUT2D eigenvalue weighted by atomic mass is 35.5. The van der Waals surface area contributed by atoms with Crippen LogP contribution in [0, 0.1) is 0 Å². The van der Waals surface area contributed by atoms with E-state index in [0.717, 1.165) is 35.4 Å². The highest BCUT2D eigenvalue weighted by Gasteiger charge is 2.39. The van der Waals surface area contributed by atoms with Crippen LogP contribution in [-0.4, -0.2) is 77.4 Å². The summed E-state index contributed by atoms with van der Waals surface area (Å²) >= 11 is 6.36. The Labute approximate surface area is 195 Å². The molecule has 172 valence electrons. The van der Waals surface area contributed by atoms with Crippen LogP contribution in [0.5, 0.6) is 0 Å². The largest absolute Gasteiger partial charge is 0.444 e. The van der Waals surface area contributed by atoms with Crippen molar-refractivity contribution >= 4 is 23.3 Å². The predicted molar refractivity (Wildman–Crippen MR) is 127 cm³/mol. The number of benzene rings is 1. The number of piperazine rings is 1. The number of hydrogen-bond donors (Lipinski definition) is 1. The normalized spacial score (nSPS) is 23.7. The molecule has 2 heterocycles. The number of rotatable bonds is 2. The topological polar surface area (TPSA) is 56.2 Å². The average Bonchev–Trinajstić information content (AvgIpc) is 2.87. The molecular weight excluding hydrogens is 426 g/mol. The number of aliphatic hydroxyl groups excluding tert-OH is 1. The van der Waals surface area contributed by atoms with Crippen molar-refractivity contribution in [3.05, 3.63) is 64.3 Å². The van der Waals surface area contributed by atoms with Gasteiger partial charge in [-0.3, -0.25) is 4.90 Å². The number of amides is 1. The fourth-order valence-corrected chi connectivity index (χ4v) is 4.98. The molecule has 1 N–H and O–H groups in total. The molecule has 6 nitrogen and oxygen atoms in total. The summed E-state index contributed by atoms with van der Waals surface area (Å²) in [5.41, 5.74) is 3.67. The maximum absolute atomic E-state index is 12.6. The van der Waals surface area contributed by atoms with Gasteiger partial charge < -0.3 is 19.6 Å². The van der Waals surface area contributed by atoms with E-state index in [-0.39, 0.29) is 24.8 Å². The number of likely N-dealkylation sites (N-methyl/N-ethyl adjacent to an activating group) is 1. The quantitative estimate of drug-likeness (QED) is 0.725. The summed E-state index contributed by atoms with van der Waals surface area (Å²) in [5.74, 6) is 0. The third kappa shape index (κ3) is 4.58. The number of ether oxygens (including phenoxy) is 1. The molecule has 0 radical (unpaired) electrons. The van der Waals surface area contributed by atoms with Crippen molar-refractivity contribution in [2.75, 3.05) is 39.8 Å². The van der Waals surface area contributed by atoms with Crippen LogP contribution in [0.3, 0.4) is 0 Å². The van der Waals surface area contributed by atoms with Crippen molar-refractivity contribution in [3.63, 3.8) is 0 Å². The van der Waals surface area contributed by atoms with Gasteiger partial charge in [-0.1, -0.05) is 29.8 Å². The lowest BCUT2D eigenvalue weighted by Crippen LogP contribution is -2.54. The van der Waals surface area contributed by atoms with E-state index in [1.54, 1.807) is 4.90 Å². The molecule has 1 fully saturated rings. The number of hydrogen-bond acceptors (Lipinski definition) is 5. The highest BCUT2D eigenvalue weighted by molar-refractivity contribution is 6.30. The zero-order chi connectivity index (χ0) is 23.0. The first-order valence-corrected chi connectivity index (χ1v) is 11.5. The van der Waals surface area contributed by atoms with Crippen LogP contribution in [-0.2, 0) is 4.74 Å². The van der Waals surface area contributed by atoms with E-state index in [2.05, 4.69) is 41.3 Å². The van der Waals surface area contributed by atoms with Crippen LogP contribution in [0.25, 0.3) is 5.57 Å². The Morgan fingerprint density at radius 1 is 1.19 bits per heavy atom. The lowest BCUT2D eigenvalue weighted by Gasteiger charge is -2.45. The summed E-state index contributed by atoms with van der Waals surface area (Å²) < 4.78 is 5.57. The van der Waals surface area contributed by atoms with Gasteiger partial charge in [0.05, 0.1) is 18.7 Å². The molecule has 1 aromatic carbocycles. The Morgan fingerprint density at radius 2 is 1.91 bits per heavy atom. The van der Waals surface area contributed by atoms with Gasteiger partial charge in [-0.15, -0.1) is 0 Å². The van der Waals surface area contributed by atoms with E-state index in [1.807, 2.05) is 39.0 Å². The first-order valence-electron chi connectivity index (χ1n) is 11.1. The van der Waals surface area contributed by atoms with Crippen LogP contribution in [0.4, 0.5) is 4.79 Å². The number of nitrogens with zero attached hydrogens (tertiary/aromatic N) is 3. The van der Waals surface area contributed by atoms with Crippen LogP contribution < -0.4 is 0 Å². The van der Waals surface area contributed by atoms with E-state index in [9.17, 15) is 9.90 Å². The molecule has 32 heavy (non-hydrogen) atoms. The number of carbonyl (C=O) groups is 1. The molecule has 4 rings (SSSR count). The third-order valence-corrected chi connectivity index (χ3v) is 6.47. The van der Waals surface area contributed by atoms with E-state index in [4.69, 9.17) is 16.3 Å². The summed E-state index contributed by atoms with van der Waals surface area (Å²) in [7, 11) is 2.09. The van der Waals surface area contributed by atoms with Gasteiger partial charge in [-0.25, -0.2) is 4.79 Å². The van der Waals surface area contributed by atoms with Crippen molar-refractivity contribution in [1.29, 1.82) is 0 Å². The van der Waals surface area contributed by atoms with Gasteiger partial charge in [-0.05, 0) is 67.5 Å². The number of allylic oxidation sites excluding steroid dienone is 2. The second-order valence-corrected chi connectivity index (χ2v) is 10.1. The van der Waals surface area contributed by atoms with Crippen LogP contribution in [0.15, 0.2) is 48.2 Å². The van der Waals surface area contributed by atoms with E-state index in [1.165, 1.54) is 0 Å². The van der Waals surface area contributed by atoms with Gasteiger partial charge in [0.2, 0.25) is 0 Å². The fraction of sp³-hybridized carbons (Fsp3) is 0.480. The number of carbonyl (C=O) groups excluding carboxylic acids is 1. The van der Waals surface area contributed by atoms with Crippen LogP contribution >= 0.6 is 11.6 Å². The standard InChI is InChI=1S/C25H32ClN3O3/c1-25(2,3)32-24(31)29-12-10-28(11-13-29)23-20-8-7-19(26)15-21(20)18(16-30)14-17-6-5-9-27(4)22(17)23/h5-9,14-15,22-23,30H,10-13,16H2,1-4H3. The van der Waals surface area contributed by atoms with Gasteiger partial charge in [0.1, 0.15) is 5.60 Å². The van der Waals surface area contributed by atoms with Gasteiger partial charge >= 0.3 is 6.09 Å². The minimum Gasteiger partial charge on any atom is -0.444 e. The molecule has 1 saturated heterocycles. The Bertz CT molecular complexity index is 971. The zero-order valence-electron chi connectivity index (χ0n) is 19.2. The molecule has 2 atom stereocenters. The molecule has 3 aliphatic rings. The van der Waals surface area contributed by atoms with E-state index < -0.39 is 5.60 Å². The maximum Gasteiger partial charge on any atom is 0.410 e. The average molecular weight is 458 g/mol. The fourth-order valence-electron chi connectivity index (χ4n) is 4.80. The monoisotopic (exact) mass is 457 g/mol. The Balaban J connectivity index is 1.66. The van der Waals surface area contributed by atoms with Crippen molar-refractivity contribution < 1.29 is 14.6 Å². The second-order valence-electron chi connectivity index (χ2n) is 9.63. The molecule has 1 aliphatic carbocycles. The van der Waals surface area contributed by atoms with Crippen LogP contribution in [0.1, 0.15) is 37.9 Å². The van der Waals surface area contributed by atoms with Gasteiger partial charge in [0, 0.05) is 38.2 Å². The van der Waals surface area contributed by atoms with E-state index in [0.29, 0.717) is 18.1 Å². The summed E-state index contributed by atoms with van der Waals surface area (Å²) in [6.45, 7) is 8.32. The van der Waals surface area contributed by atoms with Crippen molar-refractivity contribution in [3.8, 4) is 0 Å². The molecule has 0 aromatic heterocycles. The van der Waals surface area contributed by atoms with Gasteiger partial charge in [0.25, 0.3) is 0 Å². The van der Waals surface area contributed by atoms with Gasteiger partial charge in [0.15, 0.2) is 0 Å². The lowest BCUT2D eigenvalue weighted by molar-refractivity contribution is 0.00661.